The Labute approximate surface area is 106 Å². The molecule has 1 rings (SSSR count). The second kappa shape index (κ2) is 7.58. The maximum absolute atomic E-state index is 11.5. The molecule has 0 spiro atoms. The molecule has 5 nitrogen and oxygen atoms in total. The van der Waals surface area contributed by atoms with Crippen molar-refractivity contribution in [2.75, 3.05) is 0 Å². The summed E-state index contributed by atoms with van der Waals surface area (Å²) in [6, 6.07) is 8.04. The number of ether oxygens (including phenoxy) is 1. The van der Waals surface area contributed by atoms with Crippen molar-refractivity contribution in [3.8, 4) is 0 Å². The SMILES string of the molecule is NC(CC[C@H](N)C=O)C(=O)OCc1ccccc1. The molecule has 0 aliphatic carbocycles. The van der Waals surface area contributed by atoms with E-state index in [4.69, 9.17) is 16.2 Å². The number of carbonyl (C=O) groups excluding carboxylic acids is 2. The molecule has 0 aliphatic rings. The fourth-order valence-electron chi connectivity index (χ4n) is 1.39. The third-order valence-electron chi connectivity index (χ3n) is 2.51. The van der Waals surface area contributed by atoms with Crippen LogP contribution in [-0.2, 0) is 20.9 Å². The fourth-order valence-corrected chi connectivity index (χ4v) is 1.39. The quantitative estimate of drug-likeness (QED) is 0.538. The lowest BCUT2D eigenvalue weighted by Gasteiger charge is -2.12. The van der Waals surface area contributed by atoms with Gasteiger partial charge in [0.05, 0.1) is 6.04 Å². The molecule has 2 atom stereocenters. The average molecular weight is 250 g/mol. The number of hydrogen-bond acceptors (Lipinski definition) is 5. The maximum Gasteiger partial charge on any atom is 0.323 e. The Morgan fingerprint density at radius 2 is 1.89 bits per heavy atom. The van der Waals surface area contributed by atoms with Gasteiger partial charge >= 0.3 is 5.97 Å². The van der Waals surface area contributed by atoms with Gasteiger partial charge in [-0.15, -0.1) is 0 Å². The summed E-state index contributed by atoms with van der Waals surface area (Å²) in [5, 5.41) is 0. The topological polar surface area (TPSA) is 95.4 Å². The Kier molecular flexibility index (Phi) is 6.04. The standard InChI is InChI=1S/C13H18N2O3/c14-11(8-16)6-7-12(15)13(17)18-9-10-4-2-1-3-5-10/h1-5,8,11-12H,6-7,9,14-15H2/t11-,12?/m0/s1. The van der Waals surface area contributed by atoms with Gasteiger partial charge in [0.1, 0.15) is 18.9 Å². The zero-order chi connectivity index (χ0) is 13.4. The van der Waals surface area contributed by atoms with Gasteiger partial charge in [-0.2, -0.15) is 0 Å². The second-order valence-corrected chi connectivity index (χ2v) is 4.08. The number of benzene rings is 1. The van der Waals surface area contributed by atoms with E-state index in [1.165, 1.54) is 0 Å². The van der Waals surface area contributed by atoms with Gasteiger partial charge in [-0.05, 0) is 18.4 Å². The minimum absolute atomic E-state index is 0.201. The van der Waals surface area contributed by atoms with Gasteiger partial charge < -0.3 is 21.0 Å². The van der Waals surface area contributed by atoms with Crippen molar-refractivity contribution < 1.29 is 14.3 Å². The largest absolute Gasteiger partial charge is 0.460 e. The van der Waals surface area contributed by atoms with Crippen molar-refractivity contribution in [3.63, 3.8) is 0 Å². The molecule has 0 aromatic heterocycles. The number of esters is 1. The Morgan fingerprint density at radius 3 is 2.50 bits per heavy atom. The summed E-state index contributed by atoms with van der Waals surface area (Å²) in [6.07, 6.45) is 1.36. The highest BCUT2D eigenvalue weighted by molar-refractivity contribution is 5.75. The van der Waals surface area contributed by atoms with Crippen LogP contribution in [0.15, 0.2) is 30.3 Å². The van der Waals surface area contributed by atoms with E-state index in [1.807, 2.05) is 30.3 Å². The van der Waals surface area contributed by atoms with E-state index in [9.17, 15) is 9.59 Å². The van der Waals surface area contributed by atoms with E-state index in [1.54, 1.807) is 0 Å². The van der Waals surface area contributed by atoms with Crippen molar-refractivity contribution in [2.24, 2.45) is 11.5 Å². The third kappa shape index (κ3) is 5.07. The predicted molar refractivity (Wildman–Crippen MR) is 67.5 cm³/mol. The lowest BCUT2D eigenvalue weighted by molar-refractivity contribution is -0.146. The zero-order valence-corrected chi connectivity index (χ0v) is 10.1. The Morgan fingerprint density at radius 1 is 1.22 bits per heavy atom. The number of rotatable bonds is 7. The summed E-state index contributed by atoms with van der Waals surface area (Å²) >= 11 is 0. The molecule has 1 aromatic rings. The van der Waals surface area contributed by atoms with Crippen LogP contribution in [0.3, 0.4) is 0 Å². The number of aldehydes is 1. The molecule has 18 heavy (non-hydrogen) atoms. The summed E-state index contributed by atoms with van der Waals surface area (Å²) in [7, 11) is 0. The van der Waals surface area contributed by atoms with Gasteiger partial charge in [0.25, 0.3) is 0 Å². The van der Waals surface area contributed by atoms with Gasteiger partial charge in [-0.25, -0.2) is 0 Å². The van der Waals surface area contributed by atoms with Crippen LogP contribution in [0.2, 0.25) is 0 Å². The van der Waals surface area contributed by atoms with Crippen molar-refractivity contribution in [1.82, 2.24) is 0 Å². The molecule has 0 bridgehead atoms. The molecule has 0 saturated carbocycles. The minimum Gasteiger partial charge on any atom is -0.460 e. The van der Waals surface area contributed by atoms with Gasteiger partial charge in [-0.1, -0.05) is 30.3 Å². The van der Waals surface area contributed by atoms with Crippen LogP contribution in [0.1, 0.15) is 18.4 Å². The van der Waals surface area contributed by atoms with Gasteiger partial charge in [-0.3, -0.25) is 4.79 Å². The molecule has 0 heterocycles. The molecular formula is C13H18N2O3. The van der Waals surface area contributed by atoms with Crippen molar-refractivity contribution in [2.45, 2.75) is 31.5 Å². The van der Waals surface area contributed by atoms with Crippen molar-refractivity contribution >= 4 is 12.3 Å². The smallest absolute Gasteiger partial charge is 0.323 e. The predicted octanol–water partition coefficient (Wildman–Crippen LogP) is 0.364. The molecular weight excluding hydrogens is 232 g/mol. The van der Waals surface area contributed by atoms with E-state index >= 15 is 0 Å². The summed E-state index contributed by atoms with van der Waals surface area (Å²) in [4.78, 5) is 21.9. The number of carbonyl (C=O) groups is 2. The highest BCUT2D eigenvalue weighted by Crippen LogP contribution is 2.04. The van der Waals surface area contributed by atoms with E-state index in [-0.39, 0.29) is 6.61 Å². The van der Waals surface area contributed by atoms with E-state index in [2.05, 4.69) is 0 Å². The molecule has 0 aliphatic heterocycles. The second-order valence-electron chi connectivity index (χ2n) is 4.08. The monoisotopic (exact) mass is 250 g/mol. The van der Waals surface area contributed by atoms with E-state index < -0.39 is 18.1 Å². The van der Waals surface area contributed by atoms with Gasteiger partial charge in [0.15, 0.2) is 0 Å². The highest BCUT2D eigenvalue weighted by atomic mass is 16.5. The van der Waals surface area contributed by atoms with Gasteiger partial charge in [0.2, 0.25) is 0 Å². The van der Waals surface area contributed by atoms with Gasteiger partial charge in [0, 0.05) is 0 Å². The molecule has 1 aromatic carbocycles. The van der Waals surface area contributed by atoms with E-state index in [0.717, 1.165) is 5.56 Å². The zero-order valence-electron chi connectivity index (χ0n) is 10.1. The minimum atomic E-state index is -0.736. The maximum atomic E-state index is 11.5. The van der Waals surface area contributed by atoms with Crippen LogP contribution >= 0.6 is 0 Å². The Hall–Kier alpha value is -1.72. The summed E-state index contributed by atoms with van der Waals surface area (Å²) in [5.74, 6) is -0.475. The van der Waals surface area contributed by atoms with E-state index in [0.29, 0.717) is 19.1 Å². The number of nitrogens with two attached hydrogens (primary N) is 2. The third-order valence-corrected chi connectivity index (χ3v) is 2.51. The molecule has 0 fully saturated rings. The summed E-state index contributed by atoms with van der Waals surface area (Å²) in [6.45, 7) is 0.201. The van der Waals surface area contributed by atoms with Crippen LogP contribution in [0.25, 0.3) is 0 Å². The van der Waals surface area contributed by atoms with Crippen LogP contribution in [0.4, 0.5) is 0 Å². The van der Waals surface area contributed by atoms with Crippen LogP contribution in [0, 0.1) is 0 Å². The normalized spacial score (nSPS) is 13.7. The lowest BCUT2D eigenvalue weighted by atomic mass is 10.1. The molecule has 0 amide bonds. The van der Waals surface area contributed by atoms with Crippen molar-refractivity contribution in [3.05, 3.63) is 35.9 Å². The first kappa shape index (κ1) is 14.3. The Bertz CT molecular complexity index is 381. The fraction of sp³-hybridized carbons (Fsp3) is 0.385. The number of hydrogen-bond donors (Lipinski definition) is 2. The summed E-state index contributed by atoms with van der Waals surface area (Å²) < 4.78 is 5.06. The average Bonchev–Trinajstić information content (AvgIpc) is 2.42. The first-order valence-corrected chi connectivity index (χ1v) is 5.80. The molecule has 0 radical (unpaired) electrons. The van der Waals surface area contributed by atoms with Crippen molar-refractivity contribution in [1.29, 1.82) is 0 Å². The molecule has 98 valence electrons. The first-order valence-electron chi connectivity index (χ1n) is 5.80. The van der Waals surface area contributed by atoms with Crippen LogP contribution in [0.5, 0.6) is 0 Å². The van der Waals surface area contributed by atoms with Crippen LogP contribution < -0.4 is 11.5 Å². The first-order chi connectivity index (χ1) is 8.63. The molecule has 1 unspecified atom stereocenters. The molecule has 5 heteroatoms. The van der Waals surface area contributed by atoms with Crippen LogP contribution in [-0.4, -0.2) is 24.3 Å². The molecule has 0 saturated heterocycles. The highest BCUT2D eigenvalue weighted by Gasteiger charge is 2.16. The Balaban J connectivity index is 2.30. The lowest BCUT2D eigenvalue weighted by Crippen LogP contribution is -2.34. The summed E-state index contributed by atoms with van der Waals surface area (Å²) in [5.41, 5.74) is 12.0. The molecule has 4 N–H and O–H groups in total.